The third kappa shape index (κ3) is 5.81. The fraction of sp³-hybridized carbons (Fsp3) is 0.519. The number of rotatable bonds is 8. The second-order valence-electron chi connectivity index (χ2n) is 10.5. The fourth-order valence-electron chi connectivity index (χ4n) is 5.13. The van der Waals surface area contributed by atoms with Gasteiger partial charge in [-0.05, 0) is 42.0 Å². The topological polar surface area (TPSA) is 60.9 Å². The van der Waals surface area contributed by atoms with Crippen molar-refractivity contribution >= 4 is 21.6 Å². The average Bonchev–Trinajstić information content (AvgIpc) is 2.78. The highest BCUT2D eigenvalue weighted by atomic mass is 32.2. The minimum absolute atomic E-state index is 0.0234. The lowest BCUT2D eigenvalue weighted by atomic mass is 9.71. The Morgan fingerprint density at radius 3 is 2.15 bits per heavy atom. The summed E-state index contributed by atoms with van der Waals surface area (Å²) in [5.74, 6) is 0.450. The molecule has 4 rings (SSSR count). The first kappa shape index (κ1) is 24.7. The SMILES string of the molecule is CC(=O)N1CCC2(CC1)CN(c1ccc(CN(CC(C)C)S(=O)(=O)Cc3ccccc3)cc1)C2. The Hall–Kier alpha value is -2.38. The molecule has 0 aliphatic carbocycles. The molecule has 2 saturated heterocycles. The van der Waals surface area contributed by atoms with Crippen LogP contribution in [0.15, 0.2) is 54.6 Å². The quantitative estimate of drug-likeness (QED) is 0.567. The van der Waals surface area contributed by atoms with E-state index in [4.69, 9.17) is 0 Å². The number of likely N-dealkylation sites (tertiary alicyclic amines) is 1. The summed E-state index contributed by atoms with van der Waals surface area (Å²) in [6.45, 7) is 10.4. The summed E-state index contributed by atoms with van der Waals surface area (Å²) in [5, 5.41) is 0. The number of piperidine rings is 1. The van der Waals surface area contributed by atoms with Crippen molar-refractivity contribution in [2.45, 2.75) is 45.9 Å². The molecule has 2 aliphatic rings. The van der Waals surface area contributed by atoms with Gasteiger partial charge in [0.05, 0.1) is 5.75 Å². The van der Waals surface area contributed by atoms with E-state index in [-0.39, 0.29) is 17.6 Å². The zero-order valence-corrected chi connectivity index (χ0v) is 21.4. The Morgan fingerprint density at radius 2 is 1.59 bits per heavy atom. The van der Waals surface area contributed by atoms with Crippen molar-refractivity contribution in [2.75, 3.05) is 37.6 Å². The van der Waals surface area contributed by atoms with Crippen molar-refractivity contribution in [1.29, 1.82) is 0 Å². The van der Waals surface area contributed by atoms with Gasteiger partial charge in [-0.15, -0.1) is 0 Å². The first-order valence-electron chi connectivity index (χ1n) is 12.3. The zero-order chi connectivity index (χ0) is 24.3. The van der Waals surface area contributed by atoms with Crippen molar-refractivity contribution in [3.8, 4) is 0 Å². The Balaban J connectivity index is 1.37. The molecule has 0 unspecified atom stereocenters. The van der Waals surface area contributed by atoms with Crippen LogP contribution < -0.4 is 4.90 Å². The highest BCUT2D eigenvalue weighted by molar-refractivity contribution is 7.88. The molecule has 0 N–H and O–H groups in total. The number of carbonyl (C=O) groups is 1. The highest BCUT2D eigenvalue weighted by Gasteiger charge is 2.45. The summed E-state index contributed by atoms with van der Waals surface area (Å²) in [6.07, 6.45) is 2.15. The number of carbonyl (C=O) groups excluding carboxylic acids is 1. The Bertz CT molecular complexity index is 1070. The number of nitrogens with zero attached hydrogens (tertiary/aromatic N) is 3. The number of hydrogen-bond donors (Lipinski definition) is 0. The molecule has 2 aliphatic heterocycles. The van der Waals surface area contributed by atoms with E-state index in [0.29, 0.717) is 18.5 Å². The van der Waals surface area contributed by atoms with Crippen LogP contribution in [0.3, 0.4) is 0 Å². The summed E-state index contributed by atoms with van der Waals surface area (Å²) >= 11 is 0. The lowest BCUT2D eigenvalue weighted by Gasteiger charge is -2.55. The molecule has 6 nitrogen and oxygen atoms in total. The zero-order valence-electron chi connectivity index (χ0n) is 20.6. The molecule has 2 aromatic carbocycles. The smallest absolute Gasteiger partial charge is 0.219 e. The normalized spacial score (nSPS) is 17.9. The maximum Gasteiger partial charge on any atom is 0.219 e. The van der Waals surface area contributed by atoms with Gasteiger partial charge in [0, 0.05) is 57.3 Å². The van der Waals surface area contributed by atoms with E-state index in [9.17, 15) is 13.2 Å². The lowest BCUT2D eigenvalue weighted by molar-refractivity contribution is -0.131. The first-order chi connectivity index (χ1) is 16.2. The molecule has 1 amide bonds. The van der Waals surface area contributed by atoms with Gasteiger partial charge >= 0.3 is 0 Å². The van der Waals surface area contributed by atoms with Gasteiger partial charge in [0.15, 0.2) is 0 Å². The van der Waals surface area contributed by atoms with Crippen LogP contribution in [-0.2, 0) is 27.1 Å². The molecule has 1 spiro atoms. The van der Waals surface area contributed by atoms with E-state index >= 15 is 0 Å². The summed E-state index contributed by atoms with van der Waals surface area (Å²) in [4.78, 5) is 15.9. The Kier molecular flexibility index (Phi) is 7.33. The van der Waals surface area contributed by atoms with Crippen LogP contribution in [0.4, 0.5) is 5.69 Å². The summed E-state index contributed by atoms with van der Waals surface area (Å²) < 4.78 is 28.0. The Labute approximate surface area is 204 Å². The predicted octanol–water partition coefficient (Wildman–Crippen LogP) is 4.12. The van der Waals surface area contributed by atoms with Gasteiger partial charge in [0.1, 0.15) is 0 Å². The number of benzene rings is 2. The molecule has 0 bridgehead atoms. The standard InChI is InChI=1S/C27H37N3O3S/c1-22(2)17-30(34(32,33)19-25-7-5-4-6-8-25)18-24-9-11-26(12-10-24)29-20-27(21-29)13-15-28(16-14-27)23(3)31/h4-12,22H,13-21H2,1-3H3. The fourth-order valence-corrected chi connectivity index (χ4v) is 6.80. The maximum atomic E-state index is 13.2. The van der Waals surface area contributed by atoms with E-state index in [1.165, 1.54) is 5.69 Å². The van der Waals surface area contributed by atoms with Crippen LogP contribution in [0, 0.1) is 11.3 Å². The second-order valence-corrected chi connectivity index (χ2v) is 12.4. The third-order valence-corrected chi connectivity index (χ3v) is 8.90. The van der Waals surface area contributed by atoms with Crippen molar-refractivity contribution in [2.24, 2.45) is 11.3 Å². The molecule has 0 aromatic heterocycles. The van der Waals surface area contributed by atoms with Crippen molar-refractivity contribution in [3.05, 3.63) is 65.7 Å². The molecule has 2 heterocycles. The third-order valence-electron chi connectivity index (χ3n) is 7.14. The molecule has 0 saturated carbocycles. The lowest BCUT2D eigenvalue weighted by Crippen LogP contribution is -2.60. The predicted molar refractivity (Wildman–Crippen MR) is 137 cm³/mol. The van der Waals surface area contributed by atoms with Gasteiger partial charge in [-0.3, -0.25) is 4.79 Å². The van der Waals surface area contributed by atoms with E-state index < -0.39 is 10.0 Å². The van der Waals surface area contributed by atoms with Crippen LogP contribution in [0.2, 0.25) is 0 Å². The molecule has 2 aromatic rings. The molecule has 0 radical (unpaired) electrons. The van der Waals surface area contributed by atoms with Crippen LogP contribution in [0.1, 0.15) is 44.7 Å². The van der Waals surface area contributed by atoms with Gasteiger partial charge in [0.2, 0.25) is 15.9 Å². The summed E-state index contributed by atoms with van der Waals surface area (Å²) in [5.41, 5.74) is 3.34. The number of anilines is 1. The van der Waals surface area contributed by atoms with Crippen molar-refractivity contribution < 1.29 is 13.2 Å². The van der Waals surface area contributed by atoms with Crippen LogP contribution in [0.5, 0.6) is 0 Å². The van der Waals surface area contributed by atoms with E-state index in [0.717, 1.165) is 50.1 Å². The van der Waals surface area contributed by atoms with Gasteiger partial charge in [0.25, 0.3) is 0 Å². The number of sulfonamides is 1. The molecule has 184 valence electrons. The van der Waals surface area contributed by atoms with Crippen molar-refractivity contribution in [1.82, 2.24) is 9.21 Å². The molecule has 7 heteroatoms. The van der Waals surface area contributed by atoms with Gasteiger partial charge in [-0.1, -0.05) is 56.3 Å². The van der Waals surface area contributed by atoms with Crippen LogP contribution in [-0.4, -0.2) is 56.3 Å². The van der Waals surface area contributed by atoms with Gasteiger partial charge in [-0.2, -0.15) is 4.31 Å². The molecular formula is C27H37N3O3S. The van der Waals surface area contributed by atoms with Crippen LogP contribution >= 0.6 is 0 Å². The van der Waals surface area contributed by atoms with E-state index in [1.807, 2.05) is 35.2 Å². The average molecular weight is 484 g/mol. The largest absolute Gasteiger partial charge is 0.370 e. The second kappa shape index (κ2) is 10.1. The maximum absolute atomic E-state index is 13.2. The molecule has 34 heavy (non-hydrogen) atoms. The Morgan fingerprint density at radius 1 is 0.971 bits per heavy atom. The minimum Gasteiger partial charge on any atom is -0.370 e. The summed E-state index contributed by atoms with van der Waals surface area (Å²) in [6, 6.07) is 17.7. The molecular weight excluding hydrogens is 446 g/mol. The van der Waals surface area contributed by atoms with Crippen molar-refractivity contribution in [3.63, 3.8) is 0 Å². The van der Waals surface area contributed by atoms with E-state index in [1.54, 1.807) is 11.2 Å². The number of amides is 1. The van der Waals surface area contributed by atoms with E-state index in [2.05, 4.69) is 43.0 Å². The van der Waals surface area contributed by atoms with Gasteiger partial charge in [-0.25, -0.2) is 8.42 Å². The minimum atomic E-state index is -3.42. The van der Waals surface area contributed by atoms with Crippen LogP contribution in [0.25, 0.3) is 0 Å². The first-order valence-corrected chi connectivity index (χ1v) is 13.9. The molecule has 2 fully saturated rings. The van der Waals surface area contributed by atoms with Gasteiger partial charge < -0.3 is 9.80 Å². The molecule has 0 atom stereocenters. The number of hydrogen-bond acceptors (Lipinski definition) is 4. The summed E-state index contributed by atoms with van der Waals surface area (Å²) in [7, 11) is -3.42. The highest BCUT2D eigenvalue weighted by Crippen LogP contribution is 2.42. The monoisotopic (exact) mass is 483 g/mol.